The third kappa shape index (κ3) is 4.95. The molecule has 4 N–H and O–H groups in total. The highest BCUT2D eigenvalue weighted by molar-refractivity contribution is 5.84. The fourth-order valence-electron chi connectivity index (χ4n) is 8.13. The van der Waals surface area contributed by atoms with Gasteiger partial charge < -0.3 is 10.5 Å². The lowest BCUT2D eigenvalue weighted by molar-refractivity contribution is -0.133. The van der Waals surface area contributed by atoms with E-state index in [2.05, 4.69) is 18.9 Å². The number of carbonyl (C=O) groups excluding carboxylic acids is 1. The number of rotatable bonds is 10. The number of Topliss-reactive ketones (excluding diaryl/α,β-unsaturated/α-hetero) is 1. The standard InChI is InChI=1S/C25H46N4O2/c1-5-7-19-18(13-15-31-4)8-9-21-20(19)12-14-25(6-2)22(21)10-11-23(25)24(30)16-29(27)28-17(3)26/h18-23H,5-16,27H2,1-4H3,(H2,26,28). The van der Waals surface area contributed by atoms with Crippen LogP contribution in [0.2, 0.25) is 0 Å². The van der Waals surface area contributed by atoms with Gasteiger partial charge in [0, 0.05) is 19.6 Å². The SMILES string of the molecule is CCCC1C(CCOC)CCC2C1CCC1(CC)C(C(=O)CN(N)/N=C(/C)N)CCC21. The topological polar surface area (TPSA) is 93.9 Å². The fraction of sp³-hybridized carbons (Fsp3) is 0.920. The van der Waals surface area contributed by atoms with Crippen molar-refractivity contribution in [1.82, 2.24) is 5.12 Å². The maximum atomic E-state index is 13.3. The Balaban J connectivity index is 1.76. The number of hydrogen-bond donors (Lipinski definition) is 2. The minimum absolute atomic E-state index is 0.124. The first kappa shape index (κ1) is 24.5. The molecule has 0 saturated heterocycles. The number of amidine groups is 1. The Morgan fingerprint density at radius 3 is 2.55 bits per heavy atom. The Morgan fingerprint density at radius 1 is 1.13 bits per heavy atom. The van der Waals surface area contributed by atoms with Gasteiger partial charge in [-0.2, -0.15) is 0 Å². The third-order valence-corrected chi connectivity index (χ3v) is 9.20. The molecule has 7 unspecified atom stereocenters. The molecule has 3 aliphatic rings. The van der Waals surface area contributed by atoms with Gasteiger partial charge in [0.25, 0.3) is 0 Å². The molecule has 3 rings (SSSR count). The van der Waals surface area contributed by atoms with E-state index in [4.69, 9.17) is 16.3 Å². The highest BCUT2D eigenvalue weighted by Gasteiger charge is 2.59. The highest BCUT2D eigenvalue weighted by Crippen LogP contribution is 2.65. The molecule has 178 valence electrons. The maximum Gasteiger partial charge on any atom is 0.159 e. The monoisotopic (exact) mass is 434 g/mol. The zero-order valence-electron chi connectivity index (χ0n) is 20.3. The lowest BCUT2D eigenvalue weighted by Crippen LogP contribution is -2.50. The molecule has 0 heterocycles. The number of nitrogens with two attached hydrogens (primary N) is 2. The first-order valence-corrected chi connectivity index (χ1v) is 12.7. The second-order valence-electron chi connectivity index (χ2n) is 10.6. The van der Waals surface area contributed by atoms with Gasteiger partial charge in [0.2, 0.25) is 0 Å². The molecule has 0 amide bonds. The molecule has 0 aromatic carbocycles. The Kier molecular flexibility index (Phi) is 8.42. The zero-order valence-corrected chi connectivity index (χ0v) is 20.3. The van der Waals surface area contributed by atoms with Crippen LogP contribution in [0.4, 0.5) is 0 Å². The second kappa shape index (κ2) is 10.7. The van der Waals surface area contributed by atoms with E-state index in [-0.39, 0.29) is 23.7 Å². The van der Waals surface area contributed by atoms with Crippen LogP contribution in [-0.2, 0) is 9.53 Å². The van der Waals surface area contributed by atoms with Crippen LogP contribution < -0.4 is 11.6 Å². The van der Waals surface area contributed by atoms with Crippen LogP contribution in [-0.4, -0.2) is 37.0 Å². The number of carbonyl (C=O) groups is 1. The molecule has 3 saturated carbocycles. The third-order valence-electron chi connectivity index (χ3n) is 9.20. The summed E-state index contributed by atoms with van der Waals surface area (Å²) in [5.41, 5.74) is 5.81. The molecule has 6 heteroatoms. The van der Waals surface area contributed by atoms with Gasteiger partial charge in [-0.05, 0) is 93.3 Å². The van der Waals surface area contributed by atoms with Gasteiger partial charge in [0.1, 0.15) is 12.4 Å². The van der Waals surface area contributed by atoms with Crippen LogP contribution in [0.1, 0.15) is 85.0 Å². The van der Waals surface area contributed by atoms with E-state index >= 15 is 0 Å². The van der Waals surface area contributed by atoms with Crippen molar-refractivity contribution in [3.63, 3.8) is 0 Å². The van der Waals surface area contributed by atoms with Gasteiger partial charge in [-0.1, -0.05) is 26.7 Å². The van der Waals surface area contributed by atoms with Gasteiger partial charge in [-0.15, -0.1) is 5.10 Å². The minimum atomic E-state index is 0.124. The number of hydrogen-bond acceptors (Lipinski definition) is 5. The Bertz CT molecular complexity index is 635. The average molecular weight is 435 g/mol. The molecular formula is C25H46N4O2. The Hall–Kier alpha value is -1.14. The zero-order chi connectivity index (χ0) is 22.6. The second-order valence-corrected chi connectivity index (χ2v) is 10.6. The molecule has 0 aromatic rings. The summed E-state index contributed by atoms with van der Waals surface area (Å²) >= 11 is 0. The van der Waals surface area contributed by atoms with Crippen LogP contribution >= 0.6 is 0 Å². The quantitative estimate of drug-likeness (QED) is 0.231. The van der Waals surface area contributed by atoms with Crippen molar-refractivity contribution in [2.45, 2.75) is 85.0 Å². The molecule has 6 nitrogen and oxygen atoms in total. The number of fused-ring (bicyclic) bond motifs is 3. The number of nitrogens with zero attached hydrogens (tertiary/aromatic N) is 2. The van der Waals surface area contributed by atoms with Crippen LogP contribution in [0.3, 0.4) is 0 Å². The summed E-state index contributed by atoms with van der Waals surface area (Å²) in [6.45, 7) is 7.40. The number of hydrazone groups is 1. The van der Waals surface area contributed by atoms with E-state index in [1.807, 2.05) is 7.11 Å². The summed E-state index contributed by atoms with van der Waals surface area (Å²) in [5.74, 6) is 10.7. The van der Waals surface area contributed by atoms with Crippen LogP contribution in [0.5, 0.6) is 0 Å². The van der Waals surface area contributed by atoms with Crippen LogP contribution in [0.15, 0.2) is 5.10 Å². The molecule has 0 aromatic heterocycles. The summed E-state index contributed by atoms with van der Waals surface area (Å²) in [7, 11) is 1.83. The van der Waals surface area contributed by atoms with E-state index in [1.54, 1.807) is 6.92 Å². The number of ether oxygens (including phenoxy) is 1. The molecule has 0 spiro atoms. The Morgan fingerprint density at radius 2 is 1.90 bits per heavy atom. The normalized spacial score (nSPS) is 37.9. The average Bonchev–Trinajstić information content (AvgIpc) is 3.12. The molecule has 31 heavy (non-hydrogen) atoms. The molecule has 0 bridgehead atoms. The van der Waals surface area contributed by atoms with Crippen molar-refractivity contribution < 1.29 is 9.53 Å². The highest BCUT2D eigenvalue weighted by atomic mass is 16.5. The van der Waals surface area contributed by atoms with Gasteiger partial charge in [-0.25, -0.2) is 11.0 Å². The molecular weight excluding hydrogens is 388 g/mol. The number of methoxy groups -OCH3 is 1. The van der Waals surface area contributed by atoms with E-state index in [0.29, 0.717) is 11.8 Å². The first-order valence-electron chi connectivity index (χ1n) is 12.7. The lowest BCUT2D eigenvalue weighted by atomic mass is 9.49. The van der Waals surface area contributed by atoms with Crippen molar-refractivity contribution in [2.24, 2.45) is 57.6 Å². The van der Waals surface area contributed by atoms with E-state index in [9.17, 15) is 4.79 Å². The van der Waals surface area contributed by atoms with Crippen LogP contribution in [0, 0.1) is 40.9 Å². The van der Waals surface area contributed by atoms with Gasteiger partial charge in [0.05, 0.1) is 0 Å². The van der Waals surface area contributed by atoms with Crippen molar-refractivity contribution in [1.29, 1.82) is 0 Å². The smallest absolute Gasteiger partial charge is 0.159 e. The largest absolute Gasteiger partial charge is 0.386 e. The van der Waals surface area contributed by atoms with Crippen molar-refractivity contribution in [2.75, 3.05) is 20.3 Å². The number of ketones is 1. The van der Waals surface area contributed by atoms with E-state index in [1.165, 1.54) is 56.5 Å². The Labute approximate surface area is 189 Å². The maximum absolute atomic E-state index is 13.3. The number of hydrazine groups is 1. The molecule has 3 aliphatic carbocycles. The fourth-order valence-corrected chi connectivity index (χ4v) is 8.13. The van der Waals surface area contributed by atoms with Crippen molar-refractivity contribution >= 4 is 11.6 Å². The van der Waals surface area contributed by atoms with Crippen molar-refractivity contribution in [3.05, 3.63) is 0 Å². The van der Waals surface area contributed by atoms with Gasteiger partial charge in [0.15, 0.2) is 5.78 Å². The predicted octanol–water partition coefficient (Wildman–Crippen LogP) is 4.33. The summed E-state index contributed by atoms with van der Waals surface area (Å²) in [6, 6.07) is 0. The lowest BCUT2D eigenvalue weighted by Gasteiger charge is -2.55. The van der Waals surface area contributed by atoms with Gasteiger partial charge >= 0.3 is 0 Å². The van der Waals surface area contributed by atoms with Crippen molar-refractivity contribution in [3.8, 4) is 0 Å². The summed E-state index contributed by atoms with van der Waals surface area (Å²) in [5, 5.41) is 5.28. The summed E-state index contributed by atoms with van der Waals surface area (Å²) < 4.78 is 5.44. The molecule has 7 atom stereocenters. The predicted molar refractivity (Wildman–Crippen MR) is 126 cm³/mol. The van der Waals surface area contributed by atoms with Gasteiger partial charge in [-0.3, -0.25) is 4.79 Å². The summed E-state index contributed by atoms with van der Waals surface area (Å²) in [6.07, 6.45) is 12.3. The first-order chi connectivity index (χ1) is 14.9. The molecule has 0 aliphatic heterocycles. The summed E-state index contributed by atoms with van der Waals surface area (Å²) in [4.78, 5) is 13.3. The van der Waals surface area contributed by atoms with E-state index in [0.717, 1.165) is 43.1 Å². The molecule has 0 radical (unpaired) electrons. The minimum Gasteiger partial charge on any atom is -0.386 e. The molecule has 3 fully saturated rings. The van der Waals surface area contributed by atoms with Crippen LogP contribution in [0.25, 0.3) is 0 Å². The van der Waals surface area contributed by atoms with E-state index < -0.39 is 0 Å².